The van der Waals surface area contributed by atoms with Crippen LogP contribution in [0.2, 0.25) is 0 Å². The van der Waals surface area contributed by atoms with Gasteiger partial charge in [-0.1, -0.05) is 12.1 Å². The van der Waals surface area contributed by atoms with Crippen molar-refractivity contribution in [2.45, 2.75) is 6.18 Å². The van der Waals surface area contributed by atoms with Gasteiger partial charge in [-0.05, 0) is 60.7 Å². The SMILES string of the molecule is COCCOc1nc(-c2cccc(OC)c2)n(-c2ccc(NC(=O)c3ccc(C(F)(F)F)cc3)cc2)n1. The summed E-state index contributed by atoms with van der Waals surface area (Å²) in [5.41, 5.74) is 1.12. The number of benzene rings is 3. The summed E-state index contributed by atoms with van der Waals surface area (Å²) in [5.74, 6) is 0.621. The van der Waals surface area contributed by atoms with Gasteiger partial charge in [0, 0.05) is 23.9 Å². The van der Waals surface area contributed by atoms with Crippen LogP contribution in [0.5, 0.6) is 11.8 Å². The average molecular weight is 512 g/mol. The molecule has 0 radical (unpaired) electrons. The highest BCUT2D eigenvalue weighted by atomic mass is 19.4. The minimum atomic E-state index is -4.47. The molecule has 8 nitrogen and oxygen atoms in total. The molecule has 192 valence electrons. The molecule has 0 fully saturated rings. The Kier molecular flexibility index (Phi) is 7.73. The molecule has 0 bridgehead atoms. The Morgan fingerprint density at radius 3 is 2.35 bits per heavy atom. The molecule has 37 heavy (non-hydrogen) atoms. The van der Waals surface area contributed by atoms with E-state index in [0.29, 0.717) is 29.6 Å². The van der Waals surface area contributed by atoms with Crippen molar-refractivity contribution < 1.29 is 32.2 Å². The maximum Gasteiger partial charge on any atom is 0.416 e. The van der Waals surface area contributed by atoms with Gasteiger partial charge in [-0.2, -0.15) is 18.2 Å². The van der Waals surface area contributed by atoms with Gasteiger partial charge in [-0.25, -0.2) is 4.68 Å². The molecule has 0 aliphatic heterocycles. The van der Waals surface area contributed by atoms with Crippen LogP contribution in [-0.4, -0.2) is 48.1 Å². The van der Waals surface area contributed by atoms with Crippen molar-refractivity contribution in [1.29, 1.82) is 0 Å². The summed E-state index contributed by atoms with van der Waals surface area (Å²) in [4.78, 5) is 17.0. The third-order valence-electron chi connectivity index (χ3n) is 5.28. The minimum absolute atomic E-state index is 0.103. The molecule has 0 saturated carbocycles. The molecule has 1 heterocycles. The molecule has 4 aromatic rings. The van der Waals surface area contributed by atoms with Gasteiger partial charge in [-0.15, -0.1) is 5.10 Å². The van der Waals surface area contributed by atoms with E-state index in [1.165, 1.54) is 0 Å². The highest BCUT2D eigenvalue weighted by Crippen LogP contribution is 2.30. The largest absolute Gasteiger partial charge is 0.497 e. The maximum atomic E-state index is 12.8. The molecular weight excluding hydrogens is 489 g/mol. The molecule has 1 amide bonds. The van der Waals surface area contributed by atoms with E-state index in [0.717, 1.165) is 29.8 Å². The fraction of sp³-hybridized carbons (Fsp3) is 0.192. The lowest BCUT2D eigenvalue weighted by Crippen LogP contribution is -2.13. The number of halogens is 3. The number of carbonyl (C=O) groups is 1. The van der Waals surface area contributed by atoms with Gasteiger partial charge in [0.25, 0.3) is 5.91 Å². The molecule has 0 saturated heterocycles. The fourth-order valence-corrected chi connectivity index (χ4v) is 3.40. The van der Waals surface area contributed by atoms with E-state index >= 15 is 0 Å². The van der Waals surface area contributed by atoms with Crippen LogP contribution < -0.4 is 14.8 Å². The monoisotopic (exact) mass is 512 g/mol. The number of rotatable bonds is 9. The van der Waals surface area contributed by atoms with Crippen LogP contribution in [0, 0.1) is 0 Å². The van der Waals surface area contributed by atoms with Crippen LogP contribution in [0.15, 0.2) is 72.8 Å². The van der Waals surface area contributed by atoms with Crippen LogP contribution in [0.25, 0.3) is 17.1 Å². The van der Waals surface area contributed by atoms with Crippen LogP contribution in [0.4, 0.5) is 18.9 Å². The Morgan fingerprint density at radius 1 is 0.973 bits per heavy atom. The van der Waals surface area contributed by atoms with E-state index in [4.69, 9.17) is 14.2 Å². The van der Waals surface area contributed by atoms with Crippen LogP contribution >= 0.6 is 0 Å². The lowest BCUT2D eigenvalue weighted by molar-refractivity contribution is -0.137. The summed E-state index contributed by atoms with van der Waals surface area (Å²) in [6.45, 7) is 0.642. The Balaban J connectivity index is 1.56. The lowest BCUT2D eigenvalue weighted by Gasteiger charge is -2.10. The lowest BCUT2D eigenvalue weighted by atomic mass is 10.1. The van der Waals surface area contributed by atoms with E-state index in [-0.39, 0.29) is 18.2 Å². The number of nitrogens with one attached hydrogen (secondary N) is 1. The number of anilines is 1. The summed E-state index contributed by atoms with van der Waals surface area (Å²) < 4.78 is 55.8. The van der Waals surface area contributed by atoms with Gasteiger partial charge in [-0.3, -0.25) is 4.79 Å². The van der Waals surface area contributed by atoms with Gasteiger partial charge < -0.3 is 19.5 Å². The number of alkyl halides is 3. The third kappa shape index (κ3) is 6.25. The highest BCUT2D eigenvalue weighted by molar-refractivity contribution is 6.04. The smallest absolute Gasteiger partial charge is 0.416 e. The van der Waals surface area contributed by atoms with Gasteiger partial charge in [0.15, 0.2) is 5.82 Å². The molecule has 3 aromatic carbocycles. The fourth-order valence-electron chi connectivity index (χ4n) is 3.40. The quantitative estimate of drug-likeness (QED) is 0.309. The molecule has 11 heteroatoms. The summed E-state index contributed by atoms with van der Waals surface area (Å²) in [5, 5.41) is 7.13. The maximum absolute atomic E-state index is 12.8. The molecule has 0 unspecified atom stereocenters. The van der Waals surface area contributed by atoms with Crippen molar-refractivity contribution in [3.05, 3.63) is 83.9 Å². The van der Waals surface area contributed by atoms with Crippen molar-refractivity contribution in [3.8, 4) is 28.8 Å². The van der Waals surface area contributed by atoms with Crippen molar-refractivity contribution in [3.63, 3.8) is 0 Å². The van der Waals surface area contributed by atoms with Crippen molar-refractivity contribution >= 4 is 11.6 Å². The first-order valence-electron chi connectivity index (χ1n) is 11.1. The zero-order chi connectivity index (χ0) is 26.4. The first-order chi connectivity index (χ1) is 17.8. The van der Waals surface area contributed by atoms with Crippen LogP contribution in [0.3, 0.4) is 0 Å². The van der Waals surface area contributed by atoms with Crippen LogP contribution in [-0.2, 0) is 10.9 Å². The molecule has 0 spiro atoms. The molecule has 1 N–H and O–H groups in total. The molecule has 0 aliphatic rings. The number of aromatic nitrogens is 3. The Hall–Kier alpha value is -4.38. The van der Waals surface area contributed by atoms with E-state index in [2.05, 4.69) is 15.4 Å². The Morgan fingerprint density at radius 2 is 1.70 bits per heavy atom. The topological polar surface area (TPSA) is 87.5 Å². The number of ether oxygens (including phenoxy) is 3. The first-order valence-corrected chi connectivity index (χ1v) is 11.1. The molecular formula is C26H23F3N4O4. The zero-order valence-corrected chi connectivity index (χ0v) is 20.0. The number of amides is 1. The number of methoxy groups -OCH3 is 2. The Bertz CT molecular complexity index is 1350. The second-order valence-electron chi connectivity index (χ2n) is 7.78. The Labute approximate surface area is 210 Å². The predicted molar refractivity (Wildman–Crippen MR) is 130 cm³/mol. The molecule has 1 aromatic heterocycles. The molecule has 0 atom stereocenters. The first kappa shape index (κ1) is 25.7. The third-order valence-corrected chi connectivity index (χ3v) is 5.28. The summed E-state index contributed by atoms with van der Waals surface area (Å²) in [6, 6.07) is 18.2. The van der Waals surface area contributed by atoms with E-state index in [1.54, 1.807) is 43.2 Å². The van der Waals surface area contributed by atoms with Crippen molar-refractivity contribution in [2.75, 3.05) is 32.8 Å². The number of hydrogen-bond acceptors (Lipinski definition) is 6. The summed E-state index contributed by atoms with van der Waals surface area (Å²) in [6.07, 6.45) is -4.47. The average Bonchev–Trinajstić information content (AvgIpc) is 3.33. The highest BCUT2D eigenvalue weighted by Gasteiger charge is 2.30. The standard InChI is InChI=1S/C26H23F3N4O4/c1-35-14-15-37-25-31-23(18-4-3-5-22(16-18)36-2)33(32-25)21-12-10-20(11-13-21)30-24(34)17-6-8-19(9-7-17)26(27,28)29/h3-13,16H,14-15H2,1-2H3,(H,30,34). The second kappa shape index (κ2) is 11.1. The van der Waals surface area contributed by atoms with Crippen molar-refractivity contribution in [2.24, 2.45) is 0 Å². The molecule has 0 aliphatic carbocycles. The molecule has 4 rings (SSSR count). The van der Waals surface area contributed by atoms with Gasteiger partial charge in [0.1, 0.15) is 12.4 Å². The van der Waals surface area contributed by atoms with Gasteiger partial charge >= 0.3 is 12.2 Å². The number of nitrogens with zero attached hydrogens (tertiary/aromatic N) is 3. The van der Waals surface area contributed by atoms with Crippen molar-refractivity contribution in [1.82, 2.24) is 14.8 Å². The van der Waals surface area contributed by atoms with E-state index < -0.39 is 17.6 Å². The summed E-state index contributed by atoms with van der Waals surface area (Å²) in [7, 11) is 3.13. The predicted octanol–water partition coefficient (Wildman–Crippen LogP) is 5.24. The number of carbonyl (C=O) groups excluding carboxylic acids is 1. The second-order valence-corrected chi connectivity index (χ2v) is 7.78. The van der Waals surface area contributed by atoms with E-state index in [9.17, 15) is 18.0 Å². The van der Waals surface area contributed by atoms with Gasteiger partial charge in [0.2, 0.25) is 0 Å². The number of hydrogen-bond donors (Lipinski definition) is 1. The van der Waals surface area contributed by atoms with Gasteiger partial charge in [0.05, 0.1) is 25.0 Å². The van der Waals surface area contributed by atoms with E-state index in [1.807, 2.05) is 24.3 Å². The zero-order valence-electron chi connectivity index (χ0n) is 20.0. The normalized spacial score (nSPS) is 11.3. The summed E-state index contributed by atoms with van der Waals surface area (Å²) >= 11 is 0. The minimum Gasteiger partial charge on any atom is -0.497 e. The van der Waals surface area contributed by atoms with Crippen LogP contribution in [0.1, 0.15) is 15.9 Å².